The number of nitrogens with one attached hydrogen (secondary N) is 1. The molecular weight excluding hydrogens is 304 g/mol. The molecule has 0 bridgehead atoms. The monoisotopic (exact) mass is 326 g/mol. The molecule has 126 valence electrons. The Bertz CT molecular complexity index is 701. The highest BCUT2D eigenvalue weighted by molar-refractivity contribution is 6.04. The Hall–Kier alpha value is -2.45. The first-order valence-electron chi connectivity index (χ1n) is 7.98. The number of amides is 1. The van der Waals surface area contributed by atoms with E-state index in [4.69, 9.17) is 4.74 Å². The molecule has 1 aliphatic carbocycles. The normalized spacial score (nSPS) is 22.4. The van der Waals surface area contributed by atoms with Gasteiger partial charge in [-0.15, -0.1) is 0 Å². The van der Waals surface area contributed by atoms with Gasteiger partial charge in [-0.05, 0) is 31.6 Å². The van der Waals surface area contributed by atoms with Crippen LogP contribution in [0.4, 0.5) is 0 Å². The van der Waals surface area contributed by atoms with Crippen molar-refractivity contribution in [3.63, 3.8) is 0 Å². The minimum absolute atomic E-state index is 0.0914. The van der Waals surface area contributed by atoms with E-state index in [-0.39, 0.29) is 23.8 Å². The Morgan fingerprint density at radius 2 is 2.00 bits per heavy atom. The molecule has 1 amide bonds. The number of carbonyl (C=O) groups is 2. The highest BCUT2D eigenvalue weighted by Gasteiger charge is 2.45. The largest absolute Gasteiger partial charge is 0.369 e. The number of Topliss-reactive ketones (excluding diaryl/α,β-unsaturated/α-hetero) is 1. The van der Waals surface area contributed by atoms with Crippen LogP contribution in [-0.2, 0) is 9.53 Å². The van der Waals surface area contributed by atoms with Gasteiger partial charge in [0, 0.05) is 17.6 Å². The molecule has 1 N–H and O–H groups in total. The maximum Gasteiger partial charge on any atom is 0.251 e. The van der Waals surface area contributed by atoms with E-state index in [1.54, 1.807) is 44.2 Å². The van der Waals surface area contributed by atoms with Gasteiger partial charge in [0.25, 0.3) is 5.91 Å². The van der Waals surface area contributed by atoms with E-state index in [2.05, 4.69) is 5.32 Å². The average molecular weight is 326 g/mol. The molecule has 0 aromatic heterocycles. The van der Waals surface area contributed by atoms with E-state index in [0.717, 1.165) is 0 Å². The van der Waals surface area contributed by atoms with E-state index in [9.17, 15) is 14.9 Å². The Balaban J connectivity index is 2.25. The zero-order chi connectivity index (χ0) is 17.8. The first kappa shape index (κ1) is 17.9. The molecule has 24 heavy (non-hydrogen) atoms. The predicted molar refractivity (Wildman–Crippen MR) is 90.2 cm³/mol. The van der Waals surface area contributed by atoms with Crippen LogP contribution in [0.5, 0.6) is 0 Å². The van der Waals surface area contributed by atoms with Gasteiger partial charge in [-0.1, -0.05) is 32.0 Å². The molecule has 0 heterocycles. The standard InChI is InChI=1S/C19H22N2O3/c1-4-24-19(10-15(11-20)16(22)18(2,3)12-19)13-21-17(23)14-8-6-5-7-9-14/h5-10H,4,12-13H2,1-3H3,(H,21,23). The van der Waals surface area contributed by atoms with Crippen LogP contribution in [0, 0.1) is 16.7 Å². The fourth-order valence-corrected chi connectivity index (χ4v) is 3.12. The number of rotatable bonds is 5. The highest BCUT2D eigenvalue weighted by atomic mass is 16.5. The number of nitrogens with zero attached hydrogens (tertiary/aromatic N) is 1. The van der Waals surface area contributed by atoms with Gasteiger partial charge in [0.05, 0.1) is 12.1 Å². The molecule has 1 unspecified atom stereocenters. The van der Waals surface area contributed by atoms with Crippen LogP contribution in [0.25, 0.3) is 0 Å². The fourth-order valence-electron chi connectivity index (χ4n) is 3.12. The summed E-state index contributed by atoms with van der Waals surface area (Å²) < 4.78 is 5.88. The topological polar surface area (TPSA) is 79.2 Å². The minimum Gasteiger partial charge on any atom is -0.369 e. The number of carbonyl (C=O) groups excluding carboxylic acids is 2. The first-order chi connectivity index (χ1) is 11.3. The number of benzene rings is 1. The maximum atomic E-state index is 12.3. The van der Waals surface area contributed by atoms with Gasteiger partial charge in [0.15, 0.2) is 5.78 Å². The summed E-state index contributed by atoms with van der Waals surface area (Å²) in [6.07, 6.45) is 1.97. The summed E-state index contributed by atoms with van der Waals surface area (Å²) in [6, 6.07) is 10.9. The SMILES string of the molecule is CCOC1(CNC(=O)c2ccccc2)C=C(C#N)C(=O)C(C)(C)C1. The molecule has 5 heteroatoms. The summed E-state index contributed by atoms with van der Waals surface area (Å²) in [5.74, 6) is -0.397. The molecule has 1 atom stereocenters. The minimum atomic E-state index is -0.859. The quantitative estimate of drug-likeness (QED) is 0.902. The molecule has 0 radical (unpaired) electrons. The van der Waals surface area contributed by atoms with Crippen molar-refractivity contribution in [2.24, 2.45) is 5.41 Å². The zero-order valence-corrected chi connectivity index (χ0v) is 14.3. The lowest BCUT2D eigenvalue weighted by Gasteiger charge is -2.40. The molecular formula is C19H22N2O3. The maximum absolute atomic E-state index is 12.3. The summed E-state index contributed by atoms with van der Waals surface area (Å²) in [6.45, 7) is 6.07. The van der Waals surface area contributed by atoms with Crippen LogP contribution in [-0.4, -0.2) is 30.4 Å². The van der Waals surface area contributed by atoms with E-state index >= 15 is 0 Å². The molecule has 0 fully saturated rings. The van der Waals surface area contributed by atoms with Gasteiger partial charge in [-0.2, -0.15) is 5.26 Å². The van der Waals surface area contributed by atoms with Crippen molar-refractivity contribution in [3.05, 3.63) is 47.5 Å². The molecule has 0 spiro atoms. The third-order valence-corrected chi connectivity index (χ3v) is 4.14. The molecule has 1 aliphatic rings. The number of ether oxygens (including phenoxy) is 1. The lowest BCUT2D eigenvalue weighted by atomic mass is 9.69. The second-order valence-corrected chi connectivity index (χ2v) is 6.61. The van der Waals surface area contributed by atoms with Crippen LogP contribution in [0.15, 0.2) is 42.0 Å². The molecule has 1 aromatic carbocycles. The van der Waals surface area contributed by atoms with Gasteiger partial charge in [0.1, 0.15) is 11.7 Å². The van der Waals surface area contributed by atoms with E-state index in [1.807, 2.05) is 19.1 Å². The van der Waals surface area contributed by atoms with Crippen LogP contribution in [0.3, 0.4) is 0 Å². The van der Waals surface area contributed by atoms with Crippen LogP contribution in [0.2, 0.25) is 0 Å². The van der Waals surface area contributed by atoms with Crippen molar-refractivity contribution in [1.29, 1.82) is 5.26 Å². The number of ketones is 1. The van der Waals surface area contributed by atoms with Crippen molar-refractivity contribution in [1.82, 2.24) is 5.32 Å². The summed E-state index contributed by atoms with van der Waals surface area (Å²) >= 11 is 0. The molecule has 0 saturated heterocycles. The van der Waals surface area contributed by atoms with Gasteiger partial charge in [-0.3, -0.25) is 9.59 Å². The lowest BCUT2D eigenvalue weighted by molar-refractivity contribution is -0.129. The molecule has 2 rings (SSSR count). The molecule has 0 aliphatic heterocycles. The fraction of sp³-hybridized carbons (Fsp3) is 0.421. The van der Waals surface area contributed by atoms with E-state index in [1.165, 1.54) is 0 Å². The van der Waals surface area contributed by atoms with Crippen molar-refractivity contribution < 1.29 is 14.3 Å². The van der Waals surface area contributed by atoms with Crippen LogP contribution < -0.4 is 5.32 Å². The van der Waals surface area contributed by atoms with Gasteiger partial charge >= 0.3 is 0 Å². The molecule has 5 nitrogen and oxygen atoms in total. The summed E-state index contributed by atoms with van der Waals surface area (Å²) in [5, 5.41) is 12.1. The summed E-state index contributed by atoms with van der Waals surface area (Å²) in [4.78, 5) is 24.6. The smallest absolute Gasteiger partial charge is 0.251 e. The molecule has 0 saturated carbocycles. The second kappa shape index (κ2) is 6.98. The van der Waals surface area contributed by atoms with E-state index in [0.29, 0.717) is 18.6 Å². The number of allylic oxidation sites excluding steroid dienone is 1. The van der Waals surface area contributed by atoms with Gasteiger partial charge in [0.2, 0.25) is 0 Å². The zero-order valence-electron chi connectivity index (χ0n) is 14.3. The van der Waals surface area contributed by atoms with E-state index < -0.39 is 11.0 Å². The summed E-state index contributed by atoms with van der Waals surface area (Å²) in [5.41, 5.74) is -0.929. The van der Waals surface area contributed by atoms with Crippen LogP contribution in [0.1, 0.15) is 37.6 Å². The number of nitriles is 1. The lowest BCUT2D eigenvalue weighted by Crippen LogP contribution is -2.51. The second-order valence-electron chi connectivity index (χ2n) is 6.61. The Morgan fingerprint density at radius 3 is 2.58 bits per heavy atom. The van der Waals surface area contributed by atoms with Crippen LogP contribution >= 0.6 is 0 Å². The van der Waals surface area contributed by atoms with Crippen molar-refractivity contribution in [2.45, 2.75) is 32.8 Å². The highest BCUT2D eigenvalue weighted by Crippen LogP contribution is 2.39. The Labute approximate surface area is 142 Å². The Morgan fingerprint density at radius 1 is 1.33 bits per heavy atom. The summed E-state index contributed by atoms with van der Waals surface area (Å²) in [7, 11) is 0. The number of hydrogen-bond donors (Lipinski definition) is 1. The third-order valence-electron chi connectivity index (χ3n) is 4.14. The predicted octanol–water partition coefficient (Wildman–Crippen LogP) is 2.64. The van der Waals surface area contributed by atoms with Gasteiger partial charge in [-0.25, -0.2) is 0 Å². The third kappa shape index (κ3) is 3.72. The Kier molecular flexibility index (Phi) is 5.20. The average Bonchev–Trinajstić information content (AvgIpc) is 2.57. The van der Waals surface area contributed by atoms with Crippen molar-refractivity contribution in [3.8, 4) is 6.07 Å². The van der Waals surface area contributed by atoms with Gasteiger partial charge < -0.3 is 10.1 Å². The number of hydrogen-bond acceptors (Lipinski definition) is 4. The van der Waals surface area contributed by atoms with Crippen molar-refractivity contribution in [2.75, 3.05) is 13.2 Å². The molecule has 1 aromatic rings. The first-order valence-corrected chi connectivity index (χ1v) is 7.98. The van der Waals surface area contributed by atoms with Crippen molar-refractivity contribution >= 4 is 11.7 Å².